The molecule has 0 bridgehead atoms. The fraction of sp³-hybridized carbons (Fsp3) is 0.600. The number of aryl methyl sites for hydroxylation is 3. The van der Waals surface area contributed by atoms with Gasteiger partial charge in [0.05, 0.1) is 17.8 Å². The lowest BCUT2D eigenvalue weighted by Gasteiger charge is -2.33. The van der Waals surface area contributed by atoms with E-state index in [1.54, 1.807) is 10.9 Å². The van der Waals surface area contributed by atoms with Crippen LogP contribution in [0.25, 0.3) is 0 Å². The lowest BCUT2D eigenvalue weighted by Crippen LogP contribution is -2.41. The number of piperidine rings is 1. The maximum Gasteiger partial charge on any atom is 0.257 e. The van der Waals surface area contributed by atoms with Crippen LogP contribution in [0, 0.1) is 20.8 Å². The number of carbonyl (C=O) groups is 1. The number of hydrogen-bond donors (Lipinski definition) is 0. The van der Waals surface area contributed by atoms with Crippen molar-refractivity contribution in [2.45, 2.75) is 39.7 Å². The average molecular weight is 302 g/mol. The molecule has 118 valence electrons. The van der Waals surface area contributed by atoms with Crippen LogP contribution in [-0.4, -0.2) is 48.4 Å². The van der Waals surface area contributed by atoms with E-state index < -0.39 is 0 Å². The number of amides is 1. The number of hydrogen-bond acceptors (Lipinski definition) is 4. The Kier molecular flexibility index (Phi) is 3.72. The van der Waals surface area contributed by atoms with Crippen LogP contribution >= 0.6 is 0 Å². The standard InChI is InChI=1S/C15H22N6O/c1-10-14(8-16-19(10)4)15(22)20-7-5-6-13(9-20)21-12(3)17-11(2)18-21/h8,13H,5-7,9H2,1-4H3/t13-/m1/s1. The third kappa shape index (κ3) is 2.51. The summed E-state index contributed by atoms with van der Waals surface area (Å²) in [6, 6.07) is 0.205. The van der Waals surface area contributed by atoms with E-state index in [0.717, 1.165) is 36.7 Å². The van der Waals surface area contributed by atoms with E-state index in [-0.39, 0.29) is 11.9 Å². The van der Waals surface area contributed by atoms with Crippen molar-refractivity contribution in [2.75, 3.05) is 13.1 Å². The molecular formula is C15H22N6O. The van der Waals surface area contributed by atoms with E-state index >= 15 is 0 Å². The van der Waals surface area contributed by atoms with Gasteiger partial charge in [-0.05, 0) is 33.6 Å². The Bertz CT molecular complexity index is 701. The van der Waals surface area contributed by atoms with Crippen LogP contribution in [0.15, 0.2) is 6.20 Å². The van der Waals surface area contributed by atoms with Gasteiger partial charge in [0.2, 0.25) is 0 Å². The number of likely N-dealkylation sites (tertiary alicyclic amines) is 1. The fourth-order valence-corrected chi connectivity index (χ4v) is 3.10. The Labute approximate surface area is 129 Å². The molecule has 2 aromatic rings. The van der Waals surface area contributed by atoms with Gasteiger partial charge in [-0.15, -0.1) is 0 Å². The molecule has 0 N–H and O–H groups in total. The van der Waals surface area contributed by atoms with E-state index in [9.17, 15) is 4.79 Å². The van der Waals surface area contributed by atoms with Gasteiger partial charge < -0.3 is 4.90 Å². The molecule has 1 aliphatic heterocycles. The van der Waals surface area contributed by atoms with Crippen LogP contribution in [0.1, 0.15) is 46.6 Å². The quantitative estimate of drug-likeness (QED) is 0.841. The summed E-state index contributed by atoms with van der Waals surface area (Å²) >= 11 is 0. The SMILES string of the molecule is Cc1nc(C)n([C@@H]2CCCN(C(=O)c3cnn(C)c3C)C2)n1. The van der Waals surface area contributed by atoms with Gasteiger partial charge in [0, 0.05) is 25.8 Å². The maximum atomic E-state index is 12.7. The first kappa shape index (κ1) is 14.7. The Morgan fingerprint density at radius 2 is 2.09 bits per heavy atom. The van der Waals surface area contributed by atoms with E-state index in [1.165, 1.54) is 0 Å². The first-order valence-electron chi connectivity index (χ1n) is 7.65. The normalized spacial score (nSPS) is 18.7. The van der Waals surface area contributed by atoms with Crippen LogP contribution in [0.2, 0.25) is 0 Å². The third-order valence-electron chi connectivity index (χ3n) is 4.40. The third-order valence-corrected chi connectivity index (χ3v) is 4.40. The Morgan fingerprint density at radius 1 is 1.32 bits per heavy atom. The highest BCUT2D eigenvalue weighted by Crippen LogP contribution is 2.24. The minimum absolute atomic E-state index is 0.0600. The second kappa shape index (κ2) is 5.55. The van der Waals surface area contributed by atoms with Crippen molar-refractivity contribution < 1.29 is 4.79 Å². The van der Waals surface area contributed by atoms with Gasteiger partial charge in [0.25, 0.3) is 5.91 Å². The summed E-state index contributed by atoms with van der Waals surface area (Å²) in [5.74, 6) is 1.75. The van der Waals surface area contributed by atoms with E-state index in [2.05, 4.69) is 15.2 Å². The Hall–Kier alpha value is -2.18. The molecule has 2 aromatic heterocycles. The molecule has 22 heavy (non-hydrogen) atoms. The van der Waals surface area contributed by atoms with Gasteiger partial charge >= 0.3 is 0 Å². The predicted molar refractivity (Wildman–Crippen MR) is 81.6 cm³/mol. The molecule has 1 amide bonds. The number of carbonyl (C=O) groups excluding carboxylic acids is 1. The first-order valence-corrected chi connectivity index (χ1v) is 7.65. The second-order valence-corrected chi connectivity index (χ2v) is 5.97. The minimum Gasteiger partial charge on any atom is -0.336 e. The predicted octanol–water partition coefficient (Wildman–Crippen LogP) is 1.41. The van der Waals surface area contributed by atoms with Gasteiger partial charge in [-0.2, -0.15) is 10.2 Å². The number of nitrogens with zero attached hydrogens (tertiary/aromatic N) is 6. The molecule has 1 aliphatic rings. The zero-order chi connectivity index (χ0) is 15.9. The summed E-state index contributed by atoms with van der Waals surface area (Å²) in [6.45, 7) is 7.25. The minimum atomic E-state index is 0.0600. The van der Waals surface area contributed by atoms with Crippen molar-refractivity contribution >= 4 is 5.91 Å². The van der Waals surface area contributed by atoms with Gasteiger partial charge in [-0.1, -0.05) is 0 Å². The summed E-state index contributed by atoms with van der Waals surface area (Å²) in [4.78, 5) is 19.0. The summed E-state index contributed by atoms with van der Waals surface area (Å²) in [7, 11) is 1.85. The summed E-state index contributed by atoms with van der Waals surface area (Å²) in [5.41, 5.74) is 1.59. The molecule has 1 atom stereocenters. The molecule has 7 nitrogen and oxygen atoms in total. The van der Waals surface area contributed by atoms with E-state index in [1.807, 2.05) is 37.4 Å². The molecule has 0 unspecified atom stereocenters. The molecular weight excluding hydrogens is 280 g/mol. The lowest BCUT2D eigenvalue weighted by atomic mass is 10.0. The summed E-state index contributed by atoms with van der Waals surface area (Å²) in [6.07, 6.45) is 3.67. The highest BCUT2D eigenvalue weighted by molar-refractivity contribution is 5.95. The smallest absolute Gasteiger partial charge is 0.257 e. The number of aromatic nitrogens is 5. The molecule has 0 saturated carbocycles. The second-order valence-electron chi connectivity index (χ2n) is 5.97. The largest absolute Gasteiger partial charge is 0.336 e. The molecule has 3 heterocycles. The molecule has 7 heteroatoms. The molecule has 1 fully saturated rings. The summed E-state index contributed by atoms with van der Waals surface area (Å²) in [5, 5.41) is 8.64. The molecule has 0 aromatic carbocycles. The van der Waals surface area contributed by atoms with E-state index in [4.69, 9.17) is 0 Å². The van der Waals surface area contributed by atoms with Crippen LogP contribution in [0.5, 0.6) is 0 Å². The highest BCUT2D eigenvalue weighted by Gasteiger charge is 2.28. The van der Waals surface area contributed by atoms with Crippen molar-refractivity contribution in [3.63, 3.8) is 0 Å². The van der Waals surface area contributed by atoms with Crippen molar-refractivity contribution in [1.29, 1.82) is 0 Å². The number of rotatable bonds is 2. The molecule has 1 saturated heterocycles. The Balaban J connectivity index is 1.80. The van der Waals surface area contributed by atoms with Crippen molar-refractivity contribution in [3.05, 3.63) is 29.1 Å². The molecule has 0 radical (unpaired) electrons. The van der Waals surface area contributed by atoms with Crippen molar-refractivity contribution in [2.24, 2.45) is 7.05 Å². The average Bonchev–Trinajstić information content (AvgIpc) is 3.01. The van der Waals surface area contributed by atoms with Crippen molar-refractivity contribution in [1.82, 2.24) is 29.4 Å². The van der Waals surface area contributed by atoms with Crippen LogP contribution < -0.4 is 0 Å². The topological polar surface area (TPSA) is 68.8 Å². The maximum absolute atomic E-state index is 12.7. The van der Waals surface area contributed by atoms with Crippen LogP contribution in [-0.2, 0) is 7.05 Å². The molecule has 0 spiro atoms. The molecule has 3 rings (SSSR count). The highest BCUT2D eigenvalue weighted by atomic mass is 16.2. The van der Waals surface area contributed by atoms with Gasteiger partial charge in [-0.25, -0.2) is 9.67 Å². The Morgan fingerprint density at radius 3 is 2.68 bits per heavy atom. The van der Waals surface area contributed by atoms with Crippen LogP contribution in [0.4, 0.5) is 0 Å². The zero-order valence-corrected chi connectivity index (χ0v) is 13.6. The van der Waals surface area contributed by atoms with Crippen molar-refractivity contribution in [3.8, 4) is 0 Å². The van der Waals surface area contributed by atoms with Gasteiger partial charge in [-0.3, -0.25) is 9.48 Å². The lowest BCUT2D eigenvalue weighted by molar-refractivity contribution is 0.0670. The van der Waals surface area contributed by atoms with Gasteiger partial charge in [0.15, 0.2) is 0 Å². The van der Waals surface area contributed by atoms with Gasteiger partial charge in [0.1, 0.15) is 11.6 Å². The van der Waals surface area contributed by atoms with Crippen LogP contribution in [0.3, 0.4) is 0 Å². The molecule has 0 aliphatic carbocycles. The van der Waals surface area contributed by atoms with E-state index in [0.29, 0.717) is 12.1 Å². The fourth-order valence-electron chi connectivity index (χ4n) is 3.10. The zero-order valence-electron chi connectivity index (χ0n) is 13.6. The monoisotopic (exact) mass is 302 g/mol. The summed E-state index contributed by atoms with van der Waals surface area (Å²) < 4.78 is 3.70. The first-order chi connectivity index (χ1) is 10.5.